The third-order valence-corrected chi connectivity index (χ3v) is 4.69. The molecule has 0 aliphatic heterocycles. The molecule has 0 amide bonds. The highest BCUT2D eigenvalue weighted by molar-refractivity contribution is 7.89. The molecular formula is C11H15ClN2O5S. The minimum absolute atomic E-state index is 0.122. The number of rotatable bonds is 6. The summed E-state index contributed by atoms with van der Waals surface area (Å²) in [6.07, 6.45) is 0. The molecule has 20 heavy (non-hydrogen) atoms. The van der Waals surface area contributed by atoms with Crippen molar-refractivity contribution >= 4 is 27.3 Å². The van der Waals surface area contributed by atoms with Crippen molar-refractivity contribution < 1.29 is 18.4 Å². The molecule has 9 heteroatoms. The normalized spacial score (nSPS) is 13.4. The number of aliphatic hydroxyl groups is 1. The van der Waals surface area contributed by atoms with Gasteiger partial charge in [-0.2, -0.15) is 0 Å². The Morgan fingerprint density at radius 2 is 2.05 bits per heavy atom. The highest BCUT2D eigenvalue weighted by Gasteiger charge is 2.25. The molecule has 112 valence electrons. The molecular weight excluding hydrogens is 308 g/mol. The molecule has 2 N–H and O–H groups in total. The van der Waals surface area contributed by atoms with E-state index in [1.165, 1.54) is 0 Å². The van der Waals surface area contributed by atoms with E-state index in [0.717, 1.165) is 18.2 Å². The van der Waals surface area contributed by atoms with Crippen molar-refractivity contribution in [2.75, 3.05) is 6.61 Å². The van der Waals surface area contributed by atoms with E-state index in [2.05, 4.69) is 4.72 Å². The summed E-state index contributed by atoms with van der Waals surface area (Å²) < 4.78 is 26.6. The molecule has 1 aromatic rings. The fraction of sp³-hybridized carbons (Fsp3) is 0.455. The first-order valence-electron chi connectivity index (χ1n) is 5.76. The minimum atomic E-state index is -4.05. The van der Waals surface area contributed by atoms with E-state index in [-0.39, 0.29) is 28.1 Å². The largest absolute Gasteiger partial charge is 0.395 e. The predicted octanol–water partition coefficient (Wildman–Crippen LogP) is 1.54. The third-order valence-electron chi connectivity index (χ3n) is 2.72. The van der Waals surface area contributed by atoms with Gasteiger partial charge in [0.25, 0.3) is 5.69 Å². The third kappa shape index (κ3) is 3.89. The van der Waals surface area contributed by atoms with Gasteiger partial charge in [0.15, 0.2) is 0 Å². The minimum Gasteiger partial charge on any atom is -0.395 e. The Balaban J connectivity index is 3.21. The summed E-state index contributed by atoms with van der Waals surface area (Å²) in [6.45, 7) is 3.08. The summed E-state index contributed by atoms with van der Waals surface area (Å²) in [7, 11) is -4.05. The standard InChI is InChI=1S/C11H15ClN2O5S/c1-7(2)10(6-15)13-20(18,19)11-5-8(14(16)17)3-4-9(11)12/h3-5,7,10,13,15H,6H2,1-2H3/t10-/m1/s1. The first-order chi connectivity index (χ1) is 9.19. The van der Waals surface area contributed by atoms with Gasteiger partial charge in [-0.3, -0.25) is 10.1 Å². The number of nitro benzene ring substituents is 1. The van der Waals surface area contributed by atoms with Crippen LogP contribution in [0.2, 0.25) is 5.02 Å². The quantitative estimate of drug-likeness (QED) is 0.610. The molecule has 0 heterocycles. The Morgan fingerprint density at radius 1 is 1.45 bits per heavy atom. The molecule has 0 saturated heterocycles. The lowest BCUT2D eigenvalue weighted by atomic mass is 10.1. The van der Waals surface area contributed by atoms with Crippen LogP contribution in [0, 0.1) is 16.0 Å². The van der Waals surface area contributed by atoms with Crippen molar-refractivity contribution in [3.8, 4) is 0 Å². The average molecular weight is 323 g/mol. The number of hydrogen-bond acceptors (Lipinski definition) is 5. The number of halogens is 1. The summed E-state index contributed by atoms with van der Waals surface area (Å²) in [5.41, 5.74) is -0.375. The fourth-order valence-electron chi connectivity index (χ4n) is 1.46. The maximum atomic E-state index is 12.2. The molecule has 0 bridgehead atoms. The molecule has 0 saturated carbocycles. The number of hydrogen-bond donors (Lipinski definition) is 2. The van der Waals surface area contributed by atoms with Crippen LogP contribution < -0.4 is 4.72 Å². The van der Waals surface area contributed by atoms with Gasteiger partial charge in [0.05, 0.1) is 16.6 Å². The van der Waals surface area contributed by atoms with Crippen molar-refractivity contribution in [1.82, 2.24) is 4.72 Å². The second-order valence-corrected chi connectivity index (χ2v) is 6.62. The Kier molecular flexibility index (Phi) is 5.46. The van der Waals surface area contributed by atoms with Gasteiger partial charge < -0.3 is 5.11 Å². The molecule has 0 fully saturated rings. The van der Waals surface area contributed by atoms with Crippen molar-refractivity contribution in [3.05, 3.63) is 33.3 Å². The average Bonchev–Trinajstić information content (AvgIpc) is 2.35. The Hall–Kier alpha value is -1.22. The second kappa shape index (κ2) is 6.49. The second-order valence-electron chi connectivity index (χ2n) is 4.53. The number of nitrogens with zero attached hydrogens (tertiary/aromatic N) is 1. The first-order valence-corrected chi connectivity index (χ1v) is 7.62. The molecule has 1 aromatic carbocycles. The topological polar surface area (TPSA) is 110 Å². The lowest BCUT2D eigenvalue weighted by Gasteiger charge is -2.20. The van der Waals surface area contributed by atoms with Crippen LogP contribution in [0.25, 0.3) is 0 Å². The van der Waals surface area contributed by atoms with E-state index in [4.69, 9.17) is 16.7 Å². The molecule has 0 unspecified atom stereocenters. The van der Waals surface area contributed by atoms with Gasteiger partial charge in [0, 0.05) is 18.2 Å². The summed E-state index contributed by atoms with van der Waals surface area (Å²) in [5, 5.41) is 19.7. The van der Waals surface area contributed by atoms with Gasteiger partial charge in [-0.15, -0.1) is 0 Å². The van der Waals surface area contributed by atoms with E-state index in [0.29, 0.717) is 0 Å². The summed E-state index contributed by atoms with van der Waals surface area (Å²) in [5.74, 6) is -0.146. The monoisotopic (exact) mass is 322 g/mol. The smallest absolute Gasteiger partial charge is 0.270 e. The van der Waals surface area contributed by atoms with Gasteiger partial charge in [0.2, 0.25) is 10.0 Å². The van der Waals surface area contributed by atoms with Crippen LogP contribution in [0.5, 0.6) is 0 Å². The van der Waals surface area contributed by atoms with Crippen LogP contribution >= 0.6 is 11.6 Å². The number of aliphatic hydroxyl groups excluding tert-OH is 1. The van der Waals surface area contributed by atoms with Crippen molar-refractivity contribution in [2.24, 2.45) is 5.92 Å². The van der Waals surface area contributed by atoms with E-state index >= 15 is 0 Å². The van der Waals surface area contributed by atoms with E-state index in [9.17, 15) is 18.5 Å². The van der Waals surface area contributed by atoms with Crippen LogP contribution in [0.1, 0.15) is 13.8 Å². The maximum absolute atomic E-state index is 12.2. The van der Waals surface area contributed by atoms with Crippen LogP contribution in [0.4, 0.5) is 5.69 Å². The van der Waals surface area contributed by atoms with Gasteiger partial charge in [-0.1, -0.05) is 25.4 Å². The molecule has 0 aliphatic carbocycles. The van der Waals surface area contributed by atoms with Crippen LogP contribution in [-0.2, 0) is 10.0 Å². The Bertz CT molecular complexity index is 603. The van der Waals surface area contributed by atoms with Crippen molar-refractivity contribution in [1.29, 1.82) is 0 Å². The maximum Gasteiger partial charge on any atom is 0.270 e. The van der Waals surface area contributed by atoms with Gasteiger partial charge in [-0.05, 0) is 12.0 Å². The summed E-state index contributed by atoms with van der Waals surface area (Å²) >= 11 is 5.79. The van der Waals surface area contributed by atoms with Crippen molar-refractivity contribution in [3.63, 3.8) is 0 Å². The summed E-state index contributed by atoms with van der Waals surface area (Å²) in [4.78, 5) is 9.60. The Morgan fingerprint density at radius 3 is 2.50 bits per heavy atom. The molecule has 0 aromatic heterocycles. The van der Waals surface area contributed by atoms with Crippen LogP contribution in [-0.4, -0.2) is 31.1 Å². The SMILES string of the molecule is CC(C)[C@@H](CO)NS(=O)(=O)c1cc([N+](=O)[O-])ccc1Cl. The number of nitro groups is 1. The predicted molar refractivity (Wildman–Crippen MR) is 74.1 cm³/mol. The zero-order valence-corrected chi connectivity index (χ0v) is 12.5. The number of sulfonamides is 1. The highest BCUT2D eigenvalue weighted by Crippen LogP contribution is 2.26. The van der Waals surface area contributed by atoms with Crippen LogP contribution in [0.3, 0.4) is 0 Å². The van der Waals surface area contributed by atoms with E-state index in [1.807, 2.05) is 0 Å². The molecule has 1 atom stereocenters. The molecule has 1 rings (SSSR count). The highest BCUT2D eigenvalue weighted by atomic mass is 35.5. The number of non-ortho nitro benzene ring substituents is 1. The zero-order valence-electron chi connectivity index (χ0n) is 10.9. The van der Waals surface area contributed by atoms with Crippen molar-refractivity contribution in [2.45, 2.75) is 24.8 Å². The van der Waals surface area contributed by atoms with Gasteiger partial charge in [0.1, 0.15) is 4.90 Å². The van der Waals surface area contributed by atoms with E-state index < -0.39 is 21.0 Å². The van der Waals surface area contributed by atoms with E-state index in [1.54, 1.807) is 13.8 Å². The van der Waals surface area contributed by atoms with Gasteiger partial charge in [-0.25, -0.2) is 13.1 Å². The Labute approximate surface area is 121 Å². The van der Waals surface area contributed by atoms with Crippen LogP contribution in [0.15, 0.2) is 23.1 Å². The number of nitrogens with one attached hydrogen (secondary N) is 1. The molecule has 0 spiro atoms. The lowest BCUT2D eigenvalue weighted by Crippen LogP contribution is -2.41. The molecule has 7 nitrogen and oxygen atoms in total. The zero-order chi connectivity index (χ0) is 15.5. The first kappa shape index (κ1) is 16.8. The summed E-state index contributed by atoms with van der Waals surface area (Å²) in [6, 6.07) is 2.46. The number of benzene rings is 1. The lowest BCUT2D eigenvalue weighted by molar-refractivity contribution is -0.385. The molecule has 0 aliphatic rings. The fourth-order valence-corrected chi connectivity index (χ4v) is 3.35. The van der Waals surface area contributed by atoms with Gasteiger partial charge >= 0.3 is 0 Å². The molecule has 0 radical (unpaired) electrons.